The standard InChI is InChI=1S/C18H44N4P/c1-9-17-18(10-2)19-23(20(11-3)12-4,21(13-5)14-6)22(15-7)16-8/h18-19H,9-17H2,1-8H3/q+1. The van der Waals surface area contributed by atoms with Crippen LogP contribution in [0.5, 0.6) is 0 Å². The topological polar surface area (TPSA) is 21.8 Å². The molecule has 1 unspecified atom stereocenters. The number of rotatable bonds is 14. The van der Waals surface area contributed by atoms with Gasteiger partial charge in [-0.1, -0.05) is 20.3 Å². The van der Waals surface area contributed by atoms with E-state index >= 15 is 0 Å². The van der Waals surface area contributed by atoms with Crippen LogP contribution in [-0.4, -0.2) is 59.3 Å². The van der Waals surface area contributed by atoms with E-state index in [1.54, 1.807) is 0 Å². The maximum Gasteiger partial charge on any atom is 0.306 e. The van der Waals surface area contributed by atoms with E-state index in [0.717, 1.165) is 39.3 Å². The molecule has 0 aromatic rings. The van der Waals surface area contributed by atoms with Crippen LogP contribution < -0.4 is 5.09 Å². The normalized spacial score (nSPS) is 14.2. The predicted molar refractivity (Wildman–Crippen MR) is 108 cm³/mol. The van der Waals surface area contributed by atoms with Gasteiger partial charge in [-0.05, 0) is 54.4 Å². The van der Waals surface area contributed by atoms with E-state index in [-0.39, 0.29) is 0 Å². The highest BCUT2D eigenvalue weighted by molar-refractivity contribution is 7.67. The zero-order valence-electron chi connectivity index (χ0n) is 17.2. The van der Waals surface area contributed by atoms with Gasteiger partial charge in [-0.2, -0.15) is 0 Å². The average molecular weight is 348 g/mol. The van der Waals surface area contributed by atoms with E-state index in [1.807, 2.05) is 0 Å². The lowest BCUT2D eigenvalue weighted by Crippen LogP contribution is -2.53. The number of hydrogen-bond donors (Lipinski definition) is 1. The Hall–Kier alpha value is 0.270. The van der Waals surface area contributed by atoms with E-state index in [1.165, 1.54) is 19.3 Å². The van der Waals surface area contributed by atoms with Crippen LogP contribution in [0.4, 0.5) is 0 Å². The third kappa shape index (κ3) is 5.64. The van der Waals surface area contributed by atoms with Gasteiger partial charge in [0, 0.05) is 45.3 Å². The highest BCUT2D eigenvalue weighted by Gasteiger charge is 2.55. The van der Waals surface area contributed by atoms with Crippen molar-refractivity contribution in [1.82, 2.24) is 19.1 Å². The smallest absolute Gasteiger partial charge is 0.143 e. The maximum atomic E-state index is 4.21. The molecule has 0 aromatic carbocycles. The molecule has 0 aromatic heterocycles. The van der Waals surface area contributed by atoms with E-state index in [0.29, 0.717) is 6.04 Å². The zero-order chi connectivity index (χ0) is 17.9. The quantitative estimate of drug-likeness (QED) is 0.453. The summed E-state index contributed by atoms with van der Waals surface area (Å²) < 4.78 is 8.14. The molecule has 4 nitrogen and oxygen atoms in total. The molecule has 0 amide bonds. The minimum atomic E-state index is -1.68. The van der Waals surface area contributed by atoms with Gasteiger partial charge in [0.15, 0.2) is 0 Å². The number of nitrogens with one attached hydrogen (secondary N) is 1. The third-order valence-corrected chi connectivity index (χ3v) is 9.63. The molecule has 0 heterocycles. The summed E-state index contributed by atoms with van der Waals surface area (Å²) >= 11 is 0. The van der Waals surface area contributed by atoms with Crippen molar-refractivity contribution in [2.75, 3.05) is 39.3 Å². The highest BCUT2D eigenvalue weighted by atomic mass is 31.2. The van der Waals surface area contributed by atoms with Gasteiger partial charge in [0.1, 0.15) is 0 Å². The molecule has 0 spiro atoms. The summed E-state index contributed by atoms with van der Waals surface area (Å²) in [5.41, 5.74) is 0. The van der Waals surface area contributed by atoms with E-state index in [2.05, 4.69) is 74.5 Å². The van der Waals surface area contributed by atoms with Crippen molar-refractivity contribution < 1.29 is 0 Å². The lowest BCUT2D eigenvalue weighted by molar-refractivity contribution is 0.307. The second kappa shape index (κ2) is 12.6. The Kier molecular flexibility index (Phi) is 12.8. The molecule has 140 valence electrons. The molecule has 1 atom stereocenters. The van der Waals surface area contributed by atoms with Crippen molar-refractivity contribution >= 4 is 7.87 Å². The molecule has 23 heavy (non-hydrogen) atoms. The molecule has 0 bridgehead atoms. The highest BCUT2D eigenvalue weighted by Crippen LogP contribution is 2.64. The fourth-order valence-electron chi connectivity index (χ4n) is 3.59. The SMILES string of the molecule is CCCC(CC)N[P+](N(CC)CC)(N(CC)CC)N(CC)CC. The Bertz CT molecular complexity index is 245. The monoisotopic (exact) mass is 347 g/mol. The molecular formula is C18H44N4P+. The molecule has 0 saturated carbocycles. The van der Waals surface area contributed by atoms with Crippen LogP contribution in [0.2, 0.25) is 0 Å². The summed E-state index contributed by atoms with van der Waals surface area (Å²) in [5, 5.41) is 4.21. The Morgan fingerprint density at radius 2 is 1.00 bits per heavy atom. The van der Waals surface area contributed by atoms with Crippen LogP contribution in [0.15, 0.2) is 0 Å². The summed E-state index contributed by atoms with van der Waals surface area (Å²) in [6.07, 6.45) is 3.72. The van der Waals surface area contributed by atoms with Gasteiger partial charge in [-0.25, -0.2) is 0 Å². The van der Waals surface area contributed by atoms with Crippen LogP contribution in [0.3, 0.4) is 0 Å². The van der Waals surface area contributed by atoms with E-state index in [4.69, 9.17) is 0 Å². The summed E-state index contributed by atoms with van der Waals surface area (Å²) in [6.45, 7) is 25.1. The first-order valence-corrected chi connectivity index (χ1v) is 11.6. The Balaban J connectivity index is 5.98. The van der Waals surface area contributed by atoms with Crippen LogP contribution in [-0.2, 0) is 0 Å². The molecule has 0 fully saturated rings. The molecule has 5 heteroatoms. The summed E-state index contributed by atoms with van der Waals surface area (Å²) in [4.78, 5) is 0. The molecule has 0 radical (unpaired) electrons. The van der Waals surface area contributed by atoms with Crippen molar-refractivity contribution in [3.8, 4) is 0 Å². The number of nitrogens with zero attached hydrogens (tertiary/aromatic N) is 3. The Morgan fingerprint density at radius 1 is 0.652 bits per heavy atom. The molecule has 1 N–H and O–H groups in total. The van der Waals surface area contributed by atoms with Crippen molar-refractivity contribution in [3.05, 3.63) is 0 Å². The zero-order valence-corrected chi connectivity index (χ0v) is 18.1. The summed E-state index contributed by atoms with van der Waals surface area (Å²) in [7, 11) is -1.68. The fraction of sp³-hybridized carbons (Fsp3) is 1.00. The van der Waals surface area contributed by atoms with E-state index in [9.17, 15) is 0 Å². The Morgan fingerprint density at radius 3 is 1.22 bits per heavy atom. The minimum absolute atomic E-state index is 0.607. The van der Waals surface area contributed by atoms with Gasteiger partial charge >= 0.3 is 7.87 Å². The molecule has 0 aliphatic carbocycles. The van der Waals surface area contributed by atoms with Crippen molar-refractivity contribution in [3.63, 3.8) is 0 Å². The maximum absolute atomic E-state index is 4.21. The van der Waals surface area contributed by atoms with Crippen LogP contribution in [0.1, 0.15) is 74.7 Å². The van der Waals surface area contributed by atoms with Crippen LogP contribution in [0.25, 0.3) is 0 Å². The summed E-state index contributed by atoms with van der Waals surface area (Å²) in [5.74, 6) is 0. The second-order valence-corrected chi connectivity index (χ2v) is 9.10. The van der Waals surface area contributed by atoms with Crippen LogP contribution >= 0.6 is 7.87 Å². The van der Waals surface area contributed by atoms with Crippen molar-refractivity contribution in [2.45, 2.75) is 80.7 Å². The van der Waals surface area contributed by atoms with Crippen molar-refractivity contribution in [2.24, 2.45) is 0 Å². The molecule has 0 aliphatic heterocycles. The number of hydrogen-bond acceptors (Lipinski definition) is 4. The van der Waals surface area contributed by atoms with Gasteiger partial charge in [0.2, 0.25) is 0 Å². The first-order valence-electron chi connectivity index (χ1n) is 9.98. The average Bonchev–Trinajstić information content (AvgIpc) is 2.57. The molecule has 0 rings (SSSR count). The van der Waals surface area contributed by atoms with Gasteiger partial charge < -0.3 is 0 Å². The molecule has 0 saturated heterocycles. The van der Waals surface area contributed by atoms with Gasteiger partial charge in [-0.15, -0.1) is 19.1 Å². The summed E-state index contributed by atoms with van der Waals surface area (Å²) in [6, 6.07) is 0.607. The first kappa shape index (κ1) is 23.3. The second-order valence-electron chi connectivity index (χ2n) is 6.01. The molecule has 0 aliphatic rings. The lowest BCUT2D eigenvalue weighted by Gasteiger charge is -2.47. The van der Waals surface area contributed by atoms with Crippen LogP contribution in [0, 0.1) is 0 Å². The Labute approximate surface area is 147 Å². The third-order valence-electron chi connectivity index (χ3n) is 4.86. The van der Waals surface area contributed by atoms with E-state index < -0.39 is 7.87 Å². The van der Waals surface area contributed by atoms with Gasteiger partial charge in [-0.3, -0.25) is 0 Å². The minimum Gasteiger partial charge on any atom is -0.143 e. The van der Waals surface area contributed by atoms with Crippen molar-refractivity contribution in [1.29, 1.82) is 0 Å². The predicted octanol–water partition coefficient (Wildman–Crippen LogP) is 4.86. The van der Waals surface area contributed by atoms with Gasteiger partial charge in [0.05, 0.1) is 0 Å². The fourth-order valence-corrected chi connectivity index (χ4v) is 8.32. The largest absolute Gasteiger partial charge is 0.306 e. The first-order chi connectivity index (χ1) is 11.1. The molecular weight excluding hydrogens is 303 g/mol. The lowest BCUT2D eigenvalue weighted by atomic mass is 10.1. The van der Waals surface area contributed by atoms with Gasteiger partial charge in [0.25, 0.3) is 0 Å².